The highest BCUT2D eigenvalue weighted by Gasteiger charge is 2.11. The van der Waals surface area contributed by atoms with Crippen LogP contribution >= 0.6 is 0 Å². The van der Waals surface area contributed by atoms with Gasteiger partial charge in [0.15, 0.2) is 0 Å². The third kappa shape index (κ3) is 2.36. The smallest absolute Gasteiger partial charge is 0.128 e. The number of H-pyrrole nitrogens is 1. The van der Waals surface area contributed by atoms with Crippen molar-refractivity contribution in [2.24, 2.45) is 0 Å². The number of fused-ring (bicyclic) bond motifs is 1. The summed E-state index contributed by atoms with van der Waals surface area (Å²) in [5.41, 5.74) is 3.14. The molecule has 3 nitrogen and oxygen atoms in total. The van der Waals surface area contributed by atoms with Gasteiger partial charge in [0.05, 0.1) is 0 Å². The highest BCUT2D eigenvalue weighted by Crippen LogP contribution is 2.31. The van der Waals surface area contributed by atoms with Crippen molar-refractivity contribution >= 4 is 10.9 Å². The molecule has 3 heteroatoms. The third-order valence-electron chi connectivity index (χ3n) is 3.72. The number of aryl methyl sites for hydroxylation is 1. The van der Waals surface area contributed by atoms with E-state index in [1.165, 1.54) is 5.56 Å². The summed E-state index contributed by atoms with van der Waals surface area (Å²) >= 11 is 0. The molecule has 2 aromatic rings. The Hall–Kier alpha value is -1.48. The van der Waals surface area contributed by atoms with Gasteiger partial charge in [0.25, 0.3) is 0 Å². The number of likely N-dealkylation sites (N-methyl/N-ethyl adjacent to an activating group) is 1. The fourth-order valence-electron chi connectivity index (χ4n) is 2.13. The molecule has 0 unspecified atom stereocenters. The summed E-state index contributed by atoms with van der Waals surface area (Å²) in [5, 5.41) is 11.1. The second-order valence-corrected chi connectivity index (χ2v) is 5.29. The molecule has 1 aromatic heterocycles. The molecule has 2 rings (SSSR count). The van der Waals surface area contributed by atoms with Crippen molar-refractivity contribution in [3.05, 3.63) is 29.5 Å². The van der Waals surface area contributed by atoms with Gasteiger partial charge in [-0.3, -0.25) is 0 Å². The van der Waals surface area contributed by atoms with Gasteiger partial charge < -0.3 is 15.0 Å². The molecule has 18 heavy (non-hydrogen) atoms. The van der Waals surface area contributed by atoms with Crippen LogP contribution in [0.5, 0.6) is 5.75 Å². The molecule has 0 saturated carbocycles. The Labute approximate surface area is 108 Å². The number of aromatic amines is 1. The Morgan fingerprint density at radius 1 is 1.33 bits per heavy atom. The third-order valence-corrected chi connectivity index (χ3v) is 3.72. The molecule has 0 aliphatic rings. The Balaban J connectivity index is 2.26. The van der Waals surface area contributed by atoms with Crippen LogP contribution in [-0.4, -0.2) is 34.6 Å². The van der Waals surface area contributed by atoms with E-state index in [0.717, 1.165) is 29.4 Å². The number of aromatic hydroxyl groups is 1. The minimum Gasteiger partial charge on any atom is -0.507 e. The van der Waals surface area contributed by atoms with Crippen LogP contribution in [-0.2, 0) is 6.42 Å². The van der Waals surface area contributed by atoms with Gasteiger partial charge in [0, 0.05) is 29.7 Å². The fourth-order valence-corrected chi connectivity index (χ4v) is 2.13. The second-order valence-electron chi connectivity index (χ2n) is 5.29. The minimum atomic E-state index is 0.413. The highest BCUT2D eigenvalue weighted by atomic mass is 16.3. The molecule has 2 N–H and O–H groups in total. The average molecular weight is 246 g/mol. The molecule has 98 valence electrons. The van der Waals surface area contributed by atoms with Gasteiger partial charge in [-0.2, -0.15) is 0 Å². The zero-order chi connectivity index (χ0) is 13.3. The van der Waals surface area contributed by atoms with E-state index in [1.807, 2.05) is 25.3 Å². The van der Waals surface area contributed by atoms with Crippen LogP contribution < -0.4 is 0 Å². The number of aromatic nitrogens is 1. The number of phenolic OH excluding ortho intramolecular Hbond substituents is 1. The maximum Gasteiger partial charge on any atom is 0.128 e. The Bertz CT molecular complexity index is 543. The summed E-state index contributed by atoms with van der Waals surface area (Å²) in [4.78, 5) is 5.54. The molecule has 0 saturated heterocycles. The molecule has 0 spiro atoms. The van der Waals surface area contributed by atoms with Crippen molar-refractivity contribution < 1.29 is 5.11 Å². The number of nitrogens with zero attached hydrogens (tertiary/aromatic N) is 1. The highest BCUT2D eigenvalue weighted by molar-refractivity contribution is 5.90. The van der Waals surface area contributed by atoms with E-state index in [2.05, 4.69) is 30.8 Å². The van der Waals surface area contributed by atoms with Gasteiger partial charge in [-0.15, -0.1) is 0 Å². The fraction of sp³-hybridized carbons (Fsp3) is 0.467. The van der Waals surface area contributed by atoms with Crippen molar-refractivity contribution in [1.29, 1.82) is 0 Å². The number of phenols is 1. The minimum absolute atomic E-state index is 0.413. The van der Waals surface area contributed by atoms with Crippen LogP contribution in [0.2, 0.25) is 0 Å². The zero-order valence-corrected chi connectivity index (χ0v) is 11.6. The molecular formula is C15H22N2O. The Morgan fingerprint density at radius 2 is 2.06 bits per heavy atom. The predicted octanol–water partition coefficient (Wildman–Crippen LogP) is 3.06. The standard InChI is InChI=1S/C15H22N2O/c1-10(2)17(4)8-7-12-9-16-13-6-5-11(3)15(18)14(12)13/h5-6,9-10,16,18H,7-8H2,1-4H3. The topological polar surface area (TPSA) is 39.3 Å². The number of hydrogen-bond acceptors (Lipinski definition) is 2. The zero-order valence-electron chi connectivity index (χ0n) is 11.6. The monoisotopic (exact) mass is 246 g/mol. The Morgan fingerprint density at radius 3 is 2.72 bits per heavy atom. The first-order valence-corrected chi connectivity index (χ1v) is 6.49. The summed E-state index contributed by atoms with van der Waals surface area (Å²) in [7, 11) is 2.13. The normalized spacial score (nSPS) is 11.9. The van der Waals surface area contributed by atoms with Crippen molar-refractivity contribution in [1.82, 2.24) is 9.88 Å². The lowest BCUT2D eigenvalue weighted by Crippen LogP contribution is -2.28. The SMILES string of the molecule is Cc1ccc2[nH]cc(CCN(C)C(C)C)c2c1O. The van der Waals surface area contributed by atoms with Crippen molar-refractivity contribution in [2.75, 3.05) is 13.6 Å². The van der Waals surface area contributed by atoms with E-state index in [0.29, 0.717) is 11.8 Å². The maximum atomic E-state index is 10.2. The van der Waals surface area contributed by atoms with E-state index in [-0.39, 0.29) is 0 Å². The average Bonchev–Trinajstić information content (AvgIpc) is 2.74. The predicted molar refractivity (Wildman–Crippen MR) is 76.2 cm³/mol. The molecule has 0 radical (unpaired) electrons. The quantitative estimate of drug-likeness (QED) is 0.870. The molecule has 0 atom stereocenters. The maximum absolute atomic E-state index is 10.2. The van der Waals surface area contributed by atoms with E-state index >= 15 is 0 Å². The van der Waals surface area contributed by atoms with Gasteiger partial charge in [0.1, 0.15) is 5.75 Å². The lowest BCUT2D eigenvalue weighted by atomic mass is 10.1. The molecule has 0 aliphatic carbocycles. The number of nitrogens with one attached hydrogen (secondary N) is 1. The van der Waals surface area contributed by atoms with Crippen LogP contribution in [0.15, 0.2) is 18.3 Å². The van der Waals surface area contributed by atoms with E-state index in [4.69, 9.17) is 0 Å². The lowest BCUT2D eigenvalue weighted by molar-refractivity contribution is 0.278. The van der Waals surface area contributed by atoms with Crippen molar-refractivity contribution in [3.63, 3.8) is 0 Å². The molecule has 1 heterocycles. The summed E-state index contributed by atoms with van der Waals surface area (Å²) in [5.74, 6) is 0.413. The number of benzene rings is 1. The Kier molecular flexibility index (Phi) is 3.62. The van der Waals surface area contributed by atoms with Gasteiger partial charge in [-0.05, 0) is 51.4 Å². The largest absolute Gasteiger partial charge is 0.507 e. The lowest BCUT2D eigenvalue weighted by Gasteiger charge is -2.20. The van der Waals surface area contributed by atoms with Crippen molar-refractivity contribution in [2.45, 2.75) is 33.2 Å². The summed E-state index contributed by atoms with van der Waals surface area (Å²) in [6, 6.07) is 4.52. The van der Waals surface area contributed by atoms with Crippen LogP contribution in [0.3, 0.4) is 0 Å². The molecule has 0 fully saturated rings. The van der Waals surface area contributed by atoms with Crippen molar-refractivity contribution in [3.8, 4) is 5.75 Å². The summed E-state index contributed by atoms with van der Waals surface area (Å²) in [6.07, 6.45) is 2.96. The molecule has 0 aliphatic heterocycles. The van der Waals surface area contributed by atoms with E-state index in [9.17, 15) is 5.11 Å². The summed E-state index contributed by atoms with van der Waals surface area (Å²) < 4.78 is 0. The number of rotatable bonds is 4. The second kappa shape index (κ2) is 5.02. The molecule has 1 aromatic carbocycles. The van der Waals surface area contributed by atoms with Crippen LogP contribution in [0.4, 0.5) is 0 Å². The first-order valence-electron chi connectivity index (χ1n) is 6.49. The first kappa shape index (κ1) is 13.0. The van der Waals surface area contributed by atoms with Gasteiger partial charge in [0.2, 0.25) is 0 Å². The van der Waals surface area contributed by atoms with Gasteiger partial charge >= 0.3 is 0 Å². The first-order chi connectivity index (χ1) is 8.50. The van der Waals surface area contributed by atoms with E-state index in [1.54, 1.807) is 0 Å². The molecule has 0 bridgehead atoms. The van der Waals surface area contributed by atoms with Gasteiger partial charge in [-0.25, -0.2) is 0 Å². The number of hydrogen-bond donors (Lipinski definition) is 2. The molecular weight excluding hydrogens is 224 g/mol. The van der Waals surface area contributed by atoms with Gasteiger partial charge in [-0.1, -0.05) is 6.07 Å². The van der Waals surface area contributed by atoms with E-state index < -0.39 is 0 Å². The van der Waals surface area contributed by atoms with Crippen LogP contribution in [0, 0.1) is 6.92 Å². The van der Waals surface area contributed by atoms with Crippen LogP contribution in [0.25, 0.3) is 10.9 Å². The summed E-state index contributed by atoms with van der Waals surface area (Å²) in [6.45, 7) is 7.32. The van der Waals surface area contributed by atoms with Crippen LogP contribution in [0.1, 0.15) is 25.0 Å². The molecule has 0 amide bonds.